The van der Waals surface area contributed by atoms with E-state index in [-0.39, 0.29) is 5.54 Å². The zero-order chi connectivity index (χ0) is 12.9. The zero-order valence-corrected chi connectivity index (χ0v) is 11.8. The summed E-state index contributed by atoms with van der Waals surface area (Å²) in [6.07, 6.45) is 5.09. The number of hydrogen-bond donors (Lipinski definition) is 1. The molecule has 0 fully saturated rings. The van der Waals surface area contributed by atoms with E-state index in [1.807, 2.05) is 11.7 Å². The Morgan fingerprint density at radius 3 is 2.59 bits per heavy atom. The number of hydrogen-bond acceptors (Lipinski definition) is 3. The predicted molar refractivity (Wildman–Crippen MR) is 70.9 cm³/mol. The molecule has 0 spiro atoms. The average Bonchev–Trinajstić information content (AvgIpc) is 2.60. The van der Waals surface area contributed by atoms with Crippen molar-refractivity contribution in [2.75, 3.05) is 6.54 Å². The van der Waals surface area contributed by atoms with Gasteiger partial charge >= 0.3 is 0 Å². The maximum Gasteiger partial charge on any atom is 0.138 e. The first-order valence-electron chi connectivity index (χ1n) is 6.50. The van der Waals surface area contributed by atoms with Crippen molar-refractivity contribution >= 4 is 0 Å². The fraction of sp³-hybridized carbons (Fsp3) is 0.846. The highest BCUT2D eigenvalue weighted by Gasteiger charge is 2.16. The summed E-state index contributed by atoms with van der Waals surface area (Å²) < 4.78 is 1.87. The molecule has 4 heteroatoms. The highest BCUT2D eigenvalue weighted by Crippen LogP contribution is 2.13. The minimum Gasteiger partial charge on any atom is -0.312 e. The number of aryl methyl sites for hydroxylation is 1. The molecule has 0 aliphatic rings. The summed E-state index contributed by atoms with van der Waals surface area (Å²) in [6.45, 7) is 9.90. The minimum absolute atomic E-state index is 0.186. The summed E-state index contributed by atoms with van der Waals surface area (Å²) in [6, 6.07) is 0. The van der Waals surface area contributed by atoms with Crippen LogP contribution in [0.15, 0.2) is 6.33 Å². The Labute approximate surface area is 105 Å². The van der Waals surface area contributed by atoms with Gasteiger partial charge < -0.3 is 5.32 Å². The van der Waals surface area contributed by atoms with Gasteiger partial charge in [0, 0.05) is 19.0 Å². The standard InChI is InChI=1S/C13H26N4/c1-6-7-11(9-15-13(2,3)4)8-12-14-10-16-17(12)5/h10-11,15H,6-9H2,1-5H3. The Hall–Kier alpha value is -0.900. The van der Waals surface area contributed by atoms with E-state index < -0.39 is 0 Å². The number of rotatable bonds is 6. The van der Waals surface area contributed by atoms with Crippen molar-refractivity contribution in [3.63, 3.8) is 0 Å². The van der Waals surface area contributed by atoms with Crippen molar-refractivity contribution in [3.8, 4) is 0 Å². The van der Waals surface area contributed by atoms with Crippen LogP contribution < -0.4 is 5.32 Å². The first-order valence-corrected chi connectivity index (χ1v) is 6.50. The van der Waals surface area contributed by atoms with Gasteiger partial charge in [-0.05, 0) is 39.7 Å². The van der Waals surface area contributed by atoms with Crippen molar-refractivity contribution in [2.45, 2.75) is 52.5 Å². The van der Waals surface area contributed by atoms with Crippen LogP contribution in [0.5, 0.6) is 0 Å². The second-order valence-corrected chi connectivity index (χ2v) is 5.79. The van der Waals surface area contributed by atoms with Crippen molar-refractivity contribution in [1.29, 1.82) is 0 Å². The van der Waals surface area contributed by atoms with E-state index in [2.05, 4.69) is 43.1 Å². The summed E-state index contributed by atoms with van der Waals surface area (Å²) in [5.41, 5.74) is 0.186. The predicted octanol–water partition coefficient (Wildman–Crippen LogP) is 2.16. The van der Waals surface area contributed by atoms with Crippen LogP contribution in [-0.2, 0) is 13.5 Å². The molecule has 4 nitrogen and oxygen atoms in total. The molecule has 0 bridgehead atoms. The van der Waals surface area contributed by atoms with E-state index in [9.17, 15) is 0 Å². The molecule has 1 N–H and O–H groups in total. The molecule has 1 atom stereocenters. The lowest BCUT2D eigenvalue weighted by Gasteiger charge is -2.25. The van der Waals surface area contributed by atoms with Gasteiger partial charge in [0.05, 0.1) is 0 Å². The molecule has 98 valence electrons. The molecule has 1 aromatic heterocycles. The quantitative estimate of drug-likeness (QED) is 0.826. The molecule has 0 radical (unpaired) electrons. The van der Waals surface area contributed by atoms with E-state index in [1.54, 1.807) is 6.33 Å². The lowest BCUT2D eigenvalue weighted by Crippen LogP contribution is -2.39. The van der Waals surface area contributed by atoms with E-state index in [0.717, 1.165) is 18.8 Å². The summed E-state index contributed by atoms with van der Waals surface area (Å²) in [4.78, 5) is 4.31. The van der Waals surface area contributed by atoms with Crippen LogP contribution in [0.2, 0.25) is 0 Å². The Morgan fingerprint density at radius 2 is 2.12 bits per heavy atom. The fourth-order valence-corrected chi connectivity index (χ4v) is 1.90. The highest BCUT2D eigenvalue weighted by atomic mass is 15.3. The van der Waals surface area contributed by atoms with Gasteiger partial charge in [0.25, 0.3) is 0 Å². The molecule has 17 heavy (non-hydrogen) atoms. The molecule has 1 aromatic rings. The minimum atomic E-state index is 0.186. The fourth-order valence-electron chi connectivity index (χ4n) is 1.90. The van der Waals surface area contributed by atoms with Crippen molar-refractivity contribution in [3.05, 3.63) is 12.2 Å². The summed E-state index contributed by atoms with van der Waals surface area (Å²) in [5.74, 6) is 1.72. The van der Waals surface area contributed by atoms with E-state index >= 15 is 0 Å². The van der Waals surface area contributed by atoms with Crippen LogP contribution in [0.3, 0.4) is 0 Å². The van der Waals surface area contributed by atoms with E-state index in [4.69, 9.17) is 0 Å². The topological polar surface area (TPSA) is 42.7 Å². The lowest BCUT2D eigenvalue weighted by molar-refractivity contribution is 0.349. The Bertz CT molecular complexity index is 324. The third-order valence-corrected chi connectivity index (χ3v) is 2.89. The number of nitrogens with one attached hydrogen (secondary N) is 1. The van der Waals surface area contributed by atoms with Crippen LogP contribution >= 0.6 is 0 Å². The van der Waals surface area contributed by atoms with Gasteiger partial charge in [-0.3, -0.25) is 4.68 Å². The Balaban J connectivity index is 2.51. The Morgan fingerprint density at radius 1 is 1.41 bits per heavy atom. The zero-order valence-electron chi connectivity index (χ0n) is 11.8. The van der Waals surface area contributed by atoms with Crippen molar-refractivity contribution in [1.82, 2.24) is 20.1 Å². The molecule has 0 aliphatic heterocycles. The monoisotopic (exact) mass is 238 g/mol. The number of nitrogens with zero attached hydrogens (tertiary/aromatic N) is 3. The maximum atomic E-state index is 4.31. The second kappa shape index (κ2) is 6.15. The van der Waals surface area contributed by atoms with Crippen LogP contribution in [0, 0.1) is 5.92 Å². The van der Waals surface area contributed by atoms with Crippen LogP contribution in [0.25, 0.3) is 0 Å². The maximum absolute atomic E-state index is 4.31. The van der Waals surface area contributed by atoms with Crippen molar-refractivity contribution in [2.24, 2.45) is 13.0 Å². The number of aromatic nitrogens is 3. The molecule has 0 aromatic carbocycles. The molecule has 0 aliphatic carbocycles. The second-order valence-electron chi connectivity index (χ2n) is 5.79. The first kappa shape index (κ1) is 14.2. The summed E-state index contributed by atoms with van der Waals surface area (Å²) in [7, 11) is 1.96. The smallest absolute Gasteiger partial charge is 0.138 e. The average molecular weight is 238 g/mol. The lowest BCUT2D eigenvalue weighted by atomic mass is 9.97. The molecule has 0 saturated heterocycles. The van der Waals surface area contributed by atoms with E-state index in [0.29, 0.717) is 5.92 Å². The van der Waals surface area contributed by atoms with Gasteiger partial charge in [0.2, 0.25) is 0 Å². The van der Waals surface area contributed by atoms with E-state index in [1.165, 1.54) is 12.8 Å². The van der Waals surface area contributed by atoms with Gasteiger partial charge in [-0.1, -0.05) is 13.3 Å². The van der Waals surface area contributed by atoms with Gasteiger partial charge in [0.1, 0.15) is 12.2 Å². The SMILES string of the molecule is CCCC(CNC(C)(C)C)Cc1ncnn1C. The molecular weight excluding hydrogens is 212 g/mol. The molecule has 0 amide bonds. The van der Waals surface area contributed by atoms with Gasteiger partial charge in [-0.25, -0.2) is 4.98 Å². The normalized spacial score (nSPS) is 13.9. The van der Waals surface area contributed by atoms with Gasteiger partial charge in [0.15, 0.2) is 0 Å². The van der Waals surface area contributed by atoms with Crippen LogP contribution in [0.1, 0.15) is 46.4 Å². The third kappa shape index (κ3) is 5.31. The van der Waals surface area contributed by atoms with Crippen LogP contribution in [-0.4, -0.2) is 26.8 Å². The molecule has 1 unspecified atom stereocenters. The van der Waals surface area contributed by atoms with Gasteiger partial charge in [-0.15, -0.1) is 0 Å². The molecule has 0 saturated carbocycles. The summed E-state index contributed by atoms with van der Waals surface area (Å²) in [5, 5.41) is 7.71. The molecular formula is C13H26N4. The summed E-state index contributed by atoms with van der Waals surface area (Å²) >= 11 is 0. The molecule has 1 rings (SSSR count). The van der Waals surface area contributed by atoms with Crippen molar-refractivity contribution < 1.29 is 0 Å². The van der Waals surface area contributed by atoms with Crippen LogP contribution in [0.4, 0.5) is 0 Å². The highest BCUT2D eigenvalue weighted by molar-refractivity contribution is 4.87. The van der Waals surface area contributed by atoms with Gasteiger partial charge in [-0.2, -0.15) is 5.10 Å². The largest absolute Gasteiger partial charge is 0.312 e. The Kier molecular flexibility index (Phi) is 5.12. The molecule has 1 heterocycles. The first-order chi connectivity index (χ1) is 7.92. The third-order valence-electron chi connectivity index (χ3n) is 2.89.